The molecule has 1 aromatic carbocycles. The van der Waals surface area contributed by atoms with Crippen LogP contribution in [0.25, 0.3) is 11.1 Å². The van der Waals surface area contributed by atoms with Gasteiger partial charge in [0.1, 0.15) is 0 Å². The summed E-state index contributed by atoms with van der Waals surface area (Å²) in [7, 11) is 1.46. The van der Waals surface area contributed by atoms with E-state index in [4.69, 9.17) is 26.6 Å². The third-order valence-electron chi connectivity index (χ3n) is 2.53. The highest BCUT2D eigenvalue weighted by atomic mass is 35.5. The van der Waals surface area contributed by atoms with Gasteiger partial charge in [-0.3, -0.25) is 0 Å². The Hall–Kier alpha value is -1.88. The van der Waals surface area contributed by atoms with Gasteiger partial charge in [-0.2, -0.15) is 0 Å². The number of rotatable bonds is 2. The summed E-state index contributed by atoms with van der Waals surface area (Å²) in [5.74, 6) is 0.389. The maximum atomic E-state index is 10.1. The Morgan fingerprint density at radius 1 is 1.47 bits per heavy atom. The van der Waals surface area contributed by atoms with E-state index in [1.54, 1.807) is 13.0 Å². The molecule has 0 aliphatic carbocycles. The molecule has 0 atom stereocenters. The number of hydrogen-bond donors (Lipinski definition) is 2. The van der Waals surface area contributed by atoms with Crippen LogP contribution in [0, 0.1) is 6.92 Å². The summed E-state index contributed by atoms with van der Waals surface area (Å²) >= 11 is 6.06. The van der Waals surface area contributed by atoms with Gasteiger partial charge < -0.3 is 20.1 Å². The van der Waals surface area contributed by atoms with Gasteiger partial charge in [0.25, 0.3) is 0 Å². The summed E-state index contributed by atoms with van der Waals surface area (Å²) in [6.07, 6.45) is 1.41. The van der Waals surface area contributed by atoms with E-state index in [0.717, 1.165) is 0 Å². The van der Waals surface area contributed by atoms with Gasteiger partial charge in [-0.15, -0.1) is 0 Å². The zero-order valence-electron chi connectivity index (χ0n) is 9.32. The molecule has 0 radical (unpaired) electrons. The number of aromatic hydroxyl groups is 1. The fraction of sp³-hybridized carbons (Fsp3) is 0.182. The van der Waals surface area contributed by atoms with Crippen LogP contribution in [0.1, 0.15) is 5.56 Å². The lowest BCUT2D eigenvalue weighted by molar-refractivity contribution is 0.372. The van der Waals surface area contributed by atoms with Crippen molar-refractivity contribution in [1.82, 2.24) is 5.16 Å². The SMILES string of the molecule is COc1c(C)c(Cl)cc(-c2cnoc2N)c1O. The number of methoxy groups -OCH3 is 1. The van der Waals surface area contributed by atoms with Gasteiger partial charge in [-0.25, -0.2) is 0 Å². The maximum absolute atomic E-state index is 10.1. The number of nitrogen functional groups attached to an aromatic ring is 1. The molecule has 0 saturated carbocycles. The van der Waals surface area contributed by atoms with Crippen molar-refractivity contribution in [2.75, 3.05) is 12.8 Å². The molecule has 0 fully saturated rings. The average Bonchev–Trinajstić information content (AvgIpc) is 2.71. The zero-order valence-corrected chi connectivity index (χ0v) is 10.1. The van der Waals surface area contributed by atoms with Gasteiger partial charge in [0.15, 0.2) is 11.5 Å². The predicted octanol–water partition coefficient (Wildman–Crippen LogP) is 2.60. The molecule has 0 unspecified atom stereocenters. The summed E-state index contributed by atoms with van der Waals surface area (Å²) < 4.78 is 9.86. The van der Waals surface area contributed by atoms with Gasteiger partial charge in [0, 0.05) is 16.1 Å². The molecule has 90 valence electrons. The number of phenolic OH excluding ortho intramolecular Hbond substituents is 1. The fourth-order valence-corrected chi connectivity index (χ4v) is 1.81. The molecule has 5 nitrogen and oxygen atoms in total. The molecule has 0 saturated heterocycles. The van der Waals surface area contributed by atoms with Crippen LogP contribution in [-0.4, -0.2) is 17.4 Å². The van der Waals surface area contributed by atoms with Crippen LogP contribution in [0.5, 0.6) is 11.5 Å². The number of halogens is 1. The van der Waals surface area contributed by atoms with E-state index >= 15 is 0 Å². The Kier molecular flexibility index (Phi) is 2.85. The molecular formula is C11H11ClN2O3. The van der Waals surface area contributed by atoms with Crippen molar-refractivity contribution in [2.45, 2.75) is 6.92 Å². The molecule has 0 amide bonds. The van der Waals surface area contributed by atoms with Gasteiger partial charge in [0.05, 0.1) is 18.9 Å². The zero-order chi connectivity index (χ0) is 12.6. The summed E-state index contributed by atoms with van der Waals surface area (Å²) in [6, 6.07) is 1.59. The smallest absolute Gasteiger partial charge is 0.230 e. The minimum atomic E-state index is -0.0377. The van der Waals surface area contributed by atoms with Crippen LogP contribution in [0.15, 0.2) is 16.8 Å². The van der Waals surface area contributed by atoms with E-state index in [2.05, 4.69) is 5.16 Å². The molecule has 1 aromatic heterocycles. The van der Waals surface area contributed by atoms with Gasteiger partial charge in [-0.1, -0.05) is 16.8 Å². The lowest BCUT2D eigenvalue weighted by Gasteiger charge is -2.12. The Labute approximate surface area is 103 Å². The van der Waals surface area contributed by atoms with Gasteiger partial charge >= 0.3 is 0 Å². The van der Waals surface area contributed by atoms with Gasteiger partial charge in [-0.05, 0) is 13.0 Å². The molecule has 2 rings (SSSR count). The molecule has 0 aliphatic rings. The van der Waals surface area contributed by atoms with Crippen LogP contribution in [0.3, 0.4) is 0 Å². The largest absolute Gasteiger partial charge is 0.504 e. The monoisotopic (exact) mass is 254 g/mol. The minimum Gasteiger partial charge on any atom is -0.504 e. The Morgan fingerprint density at radius 3 is 2.71 bits per heavy atom. The Bertz CT molecular complexity index is 566. The summed E-state index contributed by atoms with van der Waals surface area (Å²) in [5, 5.41) is 14.1. The number of benzene rings is 1. The molecule has 0 aliphatic heterocycles. The highest BCUT2D eigenvalue weighted by molar-refractivity contribution is 6.32. The van der Waals surface area contributed by atoms with Crippen LogP contribution in [0.2, 0.25) is 5.02 Å². The Balaban J connectivity index is 2.72. The highest BCUT2D eigenvalue weighted by Crippen LogP contribution is 2.44. The molecule has 0 bridgehead atoms. The van der Waals surface area contributed by atoms with E-state index in [0.29, 0.717) is 27.5 Å². The number of aromatic nitrogens is 1. The highest BCUT2D eigenvalue weighted by Gasteiger charge is 2.19. The standard InChI is InChI=1S/C11H11ClN2O3/c1-5-8(12)3-6(9(15)10(5)16-2)7-4-14-17-11(7)13/h3-4,15H,13H2,1-2H3. The van der Waals surface area contributed by atoms with Crippen molar-refractivity contribution < 1.29 is 14.4 Å². The van der Waals surface area contributed by atoms with Crippen LogP contribution < -0.4 is 10.5 Å². The van der Waals surface area contributed by atoms with Crippen LogP contribution in [-0.2, 0) is 0 Å². The van der Waals surface area contributed by atoms with Crippen LogP contribution >= 0.6 is 11.6 Å². The number of nitrogens with zero attached hydrogens (tertiary/aromatic N) is 1. The topological polar surface area (TPSA) is 81.5 Å². The van der Waals surface area contributed by atoms with Gasteiger partial charge in [0.2, 0.25) is 5.88 Å². The third kappa shape index (κ3) is 1.78. The number of phenols is 1. The molecule has 6 heteroatoms. The van der Waals surface area contributed by atoms with Crippen molar-refractivity contribution in [1.29, 1.82) is 0 Å². The van der Waals surface area contributed by atoms with E-state index < -0.39 is 0 Å². The number of anilines is 1. The first kappa shape index (κ1) is 11.6. The van der Waals surface area contributed by atoms with Crippen molar-refractivity contribution in [3.8, 4) is 22.6 Å². The van der Waals surface area contributed by atoms with Crippen molar-refractivity contribution in [3.63, 3.8) is 0 Å². The maximum Gasteiger partial charge on any atom is 0.230 e. The van der Waals surface area contributed by atoms with E-state index in [-0.39, 0.29) is 11.6 Å². The predicted molar refractivity (Wildman–Crippen MR) is 64.3 cm³/mol. The lowest BCUT2D eigenvalue weighted by atomic mass is 10.0. The third-order valence-corrected chi connectivity index (χ3v) is 2.93. The molecule has 17 heavy (non-hydrogen) atoms. The van der Waals surface area contributed by atoms with E-state index in [1.165, 1.54) is 13.3 Å². The number of hydrogen-bond acceptors (Lipinski definition) is 5. The second-order valence-electron chi connectivity index (χ2n) is 3.52. The van der Waals surface area contributed by atoms with Crippen molar-refractivity contribution in [3.05, 3.63) is 22.8 Å². The first-order chi connectivity index (χ1) is 8.06. The lowest BCUT2D eigenvalue weighted by Crippen LogP contribution is -1.92. The second kappa shape index (κ2) is 4.18. The molecule has 1 heterocycles. The number of nitrogens with two attached hydrogens (primary N) is 1. The van der Waals surface area contributed by atoms with Crippen molar-refractivity contribution >= 4 is 17.5 Å². The summed E-state index contributed by atoms with van der Waals surface area (Å²) in [5.41, 5.74) is 7.16. The first-order valence-electron chi connectivity index (χ1n) is 4.82. The fourth-order valence-electron chi connectivity index (χ4n) is 1.62. The molecule has 0 spiro atoms. The minimum absolute atomic E-state index is 0.0377. The molecule has 2 aromatic rings. The number of ether oxygens (including phenoxy) is 1. The quantitative estimate of drug-likeness (QED) is 0.861. The van der Waals surface area contributed by atoms with Crippen LogP contribution in [0.4, 0.5) is 5.88 Å². The first-order valence-corrected chi connectivity index (χ1v) is 5.20. The second-order valence-corrected chi connectivity index (χ2v) is 3.92. The normalized spacial score (nSPS) is 10.5. The van der Waals surface area contributed by atoms with Crippen molar-refractivity contribution in [2.24, 2.45) is 0 Å². The molecular weight excluding hydrogens is 244 g/mol. The van der Waals surface area contributed by atoms with E-state index in [1.807, 2.05) is 0 Å². The summed E-state index contributed by atoms with van der Waals surface area (Å²) in [4.78, 5) is 0. The average molecular weight is 255 g/mol. The van der Waals surface area contributed by atoms with E-state index in [9.17, 15) is 5.11 Å². The molecule has 3 N–H and O–H groups in total. The Morgan fingerprint density at radius 2 is 2.18 bits per heavy atom. The summed E-state index contributed by atoms with van der Waals surface area (Å²) in [6.45, 7) is 1.75.